The van der Waals surface area contributed by atoms with Gasteiger partial charge in [0.15, 0.2) is 0 Å². The molecule has 0 radical (unpaired) electrons. The topological polar surface area (TPSA) is 112 Å². The number of carbonyl (C=O) groups excluding carboxylic acids is 2. The van der Waals surface area contributed by atoms with Crippen LogP contribution in [0, 0.1) is 12.8 Å². The first-order valence-corrected chi connectivity index (χ1v) is 9.15. The number of carbonyl (C=O) groups is 3. The third-order valence-electron chi connectivity index (χ3n) is 4.74. The molecule has 1 unspecified atom stereocenters. The first-order valence-electron chi connectivity index (χ1n) is 9.15. The van der Waals surface area contributed by atoms with E-state index < -0.39 is 5.97 Å². The molecule has 1 aromatic heterocycles. The predicted molar refractivity (Wildman–Crippen MR) is 102 cm³/mol. The molecule has 8 nitrogen and oxygen atoms in total. The lowest BCUT2D eigenvalue weighted by molar-refractivity contribution is -0.126. The van der Waals surface area contributed by atoms with E-state index in [2.05, 4.69) is 10.6 Å². The lowest BCUT2D eigenvalue weighted by Crippen LogP contribution is -2.46. The normalized spacial score (nSPS) is 16.5. The second-order valence-electron chi connectivity index (χ2n) is 6.79. The lowest BCUT2D eigenvalue weighted by Gasteiger charge is -2.32. The number of rotatable bonds is 5. The first kappa shape index (κ1) is 19.5. The van der Waals surface area contributed by atoms with E-state index in [1.54, 1.807) is 11.8 Å². The molecule has 1 atom stereocenters. The molecule has 0 aliphatic carbocycles. The van der Waals surface area contributed by atoms with Gasteiger partial charge in [0.2, 0.25) is 5.91 Å². The summed E-state index contributed by atoms with van der Waals surface area (Å²) in [4.78, 5) is 37.6. The smallest absolute Gasteiger partial charge is 0.339 e. The van der Waals surface area contributed by atoms with Gasteiger partial charge in [-0.05, 0) is 38.0 Å². The Kier molecular flexibility index (Phi) is 5.98. The second kappa shape index (κ2) is 8.60. The van der Waals surface area contributed by atoms with Crippen LogP contribution in [0.25, 0.3) is 0 Å². The number of aryl methyl sites for hydroxylation is 1. The van der Waals surface area contributed by atoms with Gasteiger partial charge in [0, 0.05) is 18.8 Å². The van der Waals surface area contributed by atoms with Crippen LogP contribution in [-0.4, -0.2) is 41.0 Å². The molecule has 3 N–H and O–H groups in total. The van der Waals surface area contributed by atoms with Gasteiger partial charge in [-0.15, -0.1) is 0 Å². The fraction of sp³-hybridized carbons (Fsp3) is 0.350. The number of urea groups is 1. The number of nitrogens with one attached hydrogen (secondary N) is 2. The van der Waals surface area contributed by atoms with Crippen molar-refractivity contribution >= 4 is 23.6 Å². The van der Waals surface area contributed by atoms with Crippen LogP contribution in [0.3, 0.4) is 0 Å². The Morgan fingerprint density at radius 1 is 1.25 bits per heavy atom. The summed E-state index contributed by atoms with van der Waals surface area (Å²) in [6.45, 7) is 2.61. The highest BCUT2D eigenvalue weighted by molar-refractivity contribution is 5.90. The van der Waals surface area contributed by atoms with Gasteiger partial charge in [-0.3, -0.25) is 4.79 Å². The van der Waals surface area contributed by atoms with Crippen molar-refractivity contribution in [3.63, 3.8) is 0 Å². The van der Waals surface area contributed by atoms with Crippen LogP contribution in [-0.2, 0) is 11.3 Å². The average molecular weight is 385 g/mol. The van der Waals surface area contributed by atoms with E-state index in [0.29, 0.717) is 36.7 Å². The quantitative estimate of drug-likeness (QED) is 0.733. The number of para-hydroxylation sites is 1. The minimum absolute atomic E-state index is 0.0886. The van der Waals surface area contributed by atoms with Crippen molar-refractivity contribution in [2.45, 2.75) is 26.3 Å². The Balaban J connectivity index is 1.53. The minimum atomic E-state index is -1.06. The molecule has 1 aliphatic heterocycles. The molecule has 2 heterocycles. The van der Waals surface area contributed by atoms with Crippen LogP contribution in [0.1, 0.15) is 34.7 Å². The van der Waals surface area contributed by atoms with Crippen LogP contribution in [0.5, 0.6) is 0 Å². The number of piperidine rings is 1. The molecular formula is C20H23N3O5. The maximum absolute atomic E-state index is 12.5. The molecule has 1 aliphatic rings. The number of nitrogens with zero attached hydrogens (tertiary/aromatic N) is 1. The lowest BCUT2D eigenvalue weighted by atomic mass is 9.97. The zero-order valence-electron chi connectivity index (χ0n) is 15.6. The molecule has 28 heavy (non-hydrogen) atoms. The molecule has 1 fully saturated rings. The number of aromatic carboxylic acids is 1. The number of hydrogen-bond acceptors (Lipinski definition) is 4. The number of amides is 3. The fourth-order valence-electron chi connectivity index (χ4n) is 3.26. The standard InChI is InChI=1S/C20H23N3O5/c1-13-17(19(25)26)10-16(28-13)11-21-18(24)14-6-5-9-23(12-14)20(27)22-15-7-3-2-4-8-15/h2-4,7-8,10,14H,5-6,9,11-12H2,1H3,(H,21,24)(H,22,27)(H,25,26). The summed E-state index contributed by atoms with van der Waals surface area (Å²) < 4.78 is 5.37. The summed E-state index contributed by atoms with van der Waals surface area (Å²) in [5.41, 5.74) is 0.798. The molecule has 0 bridgehead atoms. The van der Waals surface area contributed by atoms with Crippen LogP contribution in [0.2, 0.25) is 0 Å². The summed E-state index contributed by atoms with van der Waals surface area (Å²) in [7, 11) is 0. The molecule has 0 spiro atoms. The first-order chi connectivity index (χ1) is 13.4. The average Bonchev–Trinajstić information content (AvgIpc) is 3.08. The van der Waals surface area contributed by atoms with E-state index in [9.17, 15) is 14.4 Å². The van der Waals surface area contributed by atoms with Gasteiger partial charge >= 0.3 is 12.0 Å². The summed E-state index contributed by atoms with van der Waals surface area (Å²) in [6, 6.07) is 10.4. The highest BCUT2D eigenvalue weighted by Gasteiger charge is 2.28. The van der Waals surface area contributed by atoms with Crippen LogP contribution >= 0.6 is 0 Å². The van der Waals surface area contributed by atoms with Crippen molar-refractivity contribution in [3.8, 4) is 0 Å². The molecule has 3 amide bonds. The van der Waals surface area contributed by atoms with Crippen molar-refractivity contribution < 1.29 is 23.9 Å². The van der Waals surface area contributed by atoms with Crippen LogP contribution in [0.15, 0.2) is 40.8 Å². The molecular weight excluding hydrogens is 362 g/mol. The van der Waals surface area contributed by atoms with Gasteiger partial charge in [-0.25, -0.2) is 9.59 Å². The zero-order chi connectivity index (χ0) is 20.1. The van der Waals surface area contributed by atoms with Crippen molar-refractivity contribution in [1.29, 1.82) is 0 Å². The second-order valence-corrected chi connectivity index (χ2v) is 6.79. The molecule has 3 rings (SSSR count). The summed E-state index contributed by atoms with van der Waals surface area (Å²) in [5, 5.41) is 14.7. The number of hydrogen-bond donors (Lipinski definition) is 3. The number of carboxylic acids is 1. The Bertz CT molecular complexity index is 862. The highest BCUT2D eigenvalue weighted by Crippen LogP contribution is 2.19. The summed E-state index contributed by atoms with van der Waals surface area (Å²) in [5.74, 6) is -0.865. The predicted octanol–water partition coefficient (Wildman–Crippen LogP) is 2.85. The highest BCUT2D eigenvalue weighted by atomic mass is 16.4. The van der Waals surface area contributed by atoms with Crippen molar-refractivity contribution in [3.05, 3.63) is 53.5 Å². The van der Waals surface area contributed by atoms with Gasteiger partial charge < -0.3 is 25.1 Å². The van der Waals surface area contributed by atoms with Crippen molar-refractivity contribution in [2.75, 3.05) is 18.4 Å². The van der Waals surface area contributed by atoms with Gasteiger partial charge in [-0.1, -0.05) is 18.2 Å². The maximum Gasteiger partial charge on any atom is 0.339 e. The third kappa shape index (κ3) is 4.70. The number of furan rings is 1. The summed E-state index contributed by atoms with van der Waals surface area (Å²) >= 11 is 0. The molecule has 2 aromatic rings. The van der Waals surface area contributed by atoms with E-state index in [1.807, 2.05) is 30.3 Å². The van der Waals surface area contributed by atoms with E-state index in [0.717, 1.165) is 6.42 Å². The number of carboxylic acid groups (broad SMARTS) is 1. The molecule has 148 valence electrons. The van der Waals surface area contributed by atoms with Crippen molar-refractivity contribution in [1.82, 2.24) is 10.2 Å². The SMILES string of the molecule is Cc1oc(CNC(=O)C2CCCN(C(=O)Nc3ccccc3)C2)cc1C(=O)O. The third-order valence-corrected chi connectivity index (χ3v) is 4.74. The largest absolute Gasteiger partial charge is 0.478 e. The maximum atomic E-state index is 12.5. The van der Waals surface area contributed by atoms with Gasteiger partial charge in [0.05, 0.1) is 12.5 Å². The monoisotopic (exact) mass is 385 g/mol. The number of benzene rings is 1. The number of anilines is 1. The molecule has 1 saturated heterocycles. The molecule has 0 saturated carbocycles. The van der Waals surface area contributed by atoms with Crippen LogP contribution in [0.4, 0.5) is 10.5 Å². The molecule has 8 heteroatoms. The van der Waals surface area contributed by atoms with Crippen molar-refractivity contribution in [2.24, 2.45) is 5.92 Å². The zero-order valence-corrected chi connectivity index (χ0v) is 15.6. The Morgan fingerprint density at radius 2 is 2.00 bits per heavy atom. The number of likely N-dealkylation sites (tertiary alicyclic amines) is 1. The van der Waals surface area contributed by atoms with Gasteiger partial charge in [-0.2, -0.15) is 0 Å². The van der Waals surface area contributed by atoms with Gasteiger partial charge in [0.25, 0.3) is 0 Å². The Morgan fingerprint density at radius 3 is 2.68 bits per heavy atom. The summed E-state index contributed by atoms with van der Waals surface area (Å²) in [6.07, 6.45) is 1.43. The molecule has 1 aromatic carbocycles. The van der Waals surface area contributed by atoms with Gasteiger partial charge in [0.1, 0.15) is 17.1 Å². The fourth-order valence-corrected chi connectivity index (χ4v) is 3.26. The minimum Gasteiger partial charge on any atom is -0.478 e. The van der Waals surface area contributed by atoms with Crippen LogP contribution < -0.4 is 10.6 Å². The Labute approximate surface area is 162 Å². The Hall–Kier alpha value is -3.29. The van der Waals surface area contributed by atoms with E-state index >= 15 is 0 Å². The van der Waals surface area contributed by atoms with E-state index in [4.69, 9.17) is 9.52 Å². The van der Waals surface area contributed by atoms with E-state index in [1.165, 1.54) is 6.07 Å². The van der Waals surface area contributed by atoms with E-state index in [-0.39, 0.29) is 30.0 Å².